The molecule has 0 amide bonds. The van der Waals surface area contributed by atoms with Gasteiger partial charge in [-0.05, 0) is 36.8 Å². The van der Waals surface area contributed by atoms with Crippen LogP contribution in [0.15, 0.2) is 18.2 Å². The van der Waals surface area contributed by atoms with Crippen LogP contribution >= 0.6 is 0 Å². The summed E-state index contributed by atoms with van der Waals surface area (Å²) < 4.78 is 5.10. The van der Waals surface area contributed by atoms with E-state index in [1.807, 2.05) is 6.07 Å². The fraction of sp³-hybridized carbons (Fsp3) is 0.500. The van der Waals surface area contributed by atoms with Crippen molar-refractivity contribution in [3.05, 3.63) is 33.9 Å². The molecule has 2 rings (SSSR count). The Hall–Kier alpha value is -2.13. The van der Waals surface area contributed by atoms with Gasteiger partial charge in [0, 0.05) is 32.0 Å². The van der Waals surface area contributed by atoms with E-state index in [2.05, 4.69) is 5.32 Å². The van der Waals surface area contributed by atoms with Crippen molar-refractivity contribution in [2.45, 2.75) is 19.3 Å². The van der Waals surface area contributed by atoms with E-state index >= 15 is 0 Å². The van der Waals surface area contributed by atoms with Crippen LogP contribution in [0.2, 0.25) is 0 Å². The minimum atomic E-state index is -0.538. The highest BCUT2D eigenvalue weighted by Crippen LogP contribution is 2.48. The van der Waals surface area contributed by atoms with Crippen LogP contribution in [-0.2, 0) is 4.74 Å². The molecule has 0 unspecified atom stereocenters. The molecule has 20 heavy (non-hydrogen) atoms. The molecule has 1 aromatic rings. The van der Waals surface area contributed by atoms with Gasteiger partial charge in [-0.1, -0.05) is 0 Å². The summed E-state index contributed by atoms with van der Waals surface area (Å²) in [7, 11) is 1.69. The Morgan fingerprint density at radius 2 is 2.30 bits per heavy atom. The molecule has 0 saturated heterocycles. The predicted octanol–water partition coefficient (Wildman–Crippen LogP) is 2.70. The van der Waals surface area contributed by atoms with Crippen LogP contribution in [0.25, 0.3) is 0 Å². The first-order chi connectivity index (χ1) is 9.60. The van der Waals surface area contributed by atoms with Gasteiger partial charge >= 0.3 is 0 Å². The van der Waals surface area contributed by atoms with Gasteiger partial charge in [-0.2, -0.15) is 5.26 Å². The molecule has 1 aromatic carbocycles. The summed E-state index contributed by atoms with van der Waals surface area (Å²) in [4.78, 5) is 10.2. The number of rotatable bonds is 7. The number of nitrogens with zero attached hydrogens (tertiary/aromatic N) is 2. The Kier molecular flexibility index (Phi) is 4.20. The van der Waals surface area contributed by atoms with Crippen LogP contribution in [0.5, 0.6) is 0 Å². The van der Waals surface area contributed by atoms with Crippen LogP contribution < -0.4 is 5.32 Å². The van der Waals surface area contributed by atoms with Crippen molar-refractivity contribution in [1.29, 1.82) is 5.26 Å². The number of anilines is 1. The average Bonchev–Trinajstić information content (AvgIpc) is 3.23. The summed E-state index contributed by atoms with van der Waals surface area (Å²) in [5, 5.41) is 23.0. The van der Waals surface area contributed by atoms with Crippen LogP contribution in [0.1, 0.15) is 24.8 Å². The fourth-order valence-electron chi connectivity index (χ4n) is 2.19. The van der Waals surface area contributed by atoms with Gasteiger partial charge in [0.2, 0.25) is 0 Å². The van der Waals surface area contributed by atoms with E-state index in [9.17, 15) is 10.1 Å². The minimum Gasteiger partial charge on any atom is -0.385 e. The van der Waals surface area contributed by atoms with Crippen LogP contribution in [0.4, 0.5) is 11.4 Å². The molecule has 1 aliphatic carbocycles. The van der Waals surface area contributed by atoms with Crippen LogP contribution in [0.3, 0.4) is 0 Å². The molecule has 1 fully saturated rings. The molecule has 0 aromatic heterocycles. The van der Waals surface area contributed by atoms with Crippen molar-refractivity contribution < 1.29 is 9.66 Å². The van der Waals surface area contributed by atoms with Crippen molar-refractivity contribution in [2.24, 2.45) is 5.41 Å². The number of nitriles is 1. The summed E-state index contributed by atoms with van der Waals surface area (Å²) in [5.74, 6) is 0. The van der Waals surface area contributed by atoms with Crippen molar-refractivity contribution in [3.63, 3.8) is 0 Å². The smallest absolute Gasteiger partial charge is 0.287 e. The number of nitrogens with one attached hydrogen (secondary N) is 1. The monoisotopic (exact) mass is 275 g/mol. The lowest BCUT2D eigenvalue weighted by molar-refractivity contribution is -0.385. The van der Waals surface area contributed by atoms with Gasteiger partial charge in [-0.25, -0.2) is 0 Å². The Morgan fingerprint density at radius 3 is 2.85 bits per heavy atom. The maximum atomic E-state index is 10.8. The zero-order valence-electron chi connectivity index (χ0n) is 11.4. The molecular weight excluding hydrogens is 258 g/mol. The molecule has 0 bridgehead atoms. The molecule has 1 saturated carbocycles. The van der Waals surface area contributed by atoms with E-state index in [-0.39, 0.29) is 16.7 Å². The van der Waals surface area contributed by atoms with Gasteiger partial charge in [0.25, 0.3) is 5.69 Å². The Labute approximate surface area is 117 Å². The standard InChI is InChI=1S/C14H17N3O3/c1-20-7-6-14(4-5-14)10-16-12-2-3-13(17(18)19)11(8-12)9-15/h2-3,8,16H,4-7,10H2,1H3. The summed E-state index contributed by atoms with van der Waals surface area (Å²) in [6, 6.07) is 6.41. The average molecular weight is 275 g/mol. The molecule has 0 spiro atoms. The predicted molar refractivity (Wildman–Crippen MR) is 74.5 cm³/mol. The van der Waals surface area contributed by atoms with Crippen molar-refractivity contribution in [1.82, 2.24) is 0 Å². The Morgan fingerprint density at radius 1 is 1.55 bits per heavy atom. The van der Waals surface area contributed by atoms with E-state index < -0.39 is 4.92 Å². The zero-order chi connectivity index (χ0) is 14.6. The van der Waals surface area contributed by atoms with Crippen LogP contribution in [0, 0.1) is 26.9 Å². The first kappa shape index (κ1) is 14.3. The summed E-state index contributed by atoms with van der Waals surface area (Å²) >= 11 is 0. The maximum Gasteiger partial charge on any atom is 0.287 e. The maximum absolute atomic E-state index is 10.8. The molecule has 6 heteroatoms. The van der Waals surface area contributed by atoms with E-state index in [1.165, 1.54) is 25.0 Å². The quantitative estimate of drug-likeness (QED) is 0.610. The van der Waals surface area contributed by atoms with E-state index in [0.717, 1.165) is 25.3 Å². The van der Waals surface area contributed by atoms with Crippen LogP contribution in [-0.4, -0.2) is 25.2 Å². The summed E-state index contributed by atoms with van der Waals surface area (Å²) in [6.07, 6.45) is 3.34. The second-order valence-electron chi connectivity index (χ2n) is 5.20. The van der Waals surface area contributed by atoms with Crippen molar-refractivity contribution in [2.75, 3.05) is 25.6 Å². The van der Waals surface area contributed by atoms with Crippen molar-refractivity contribution in [3.8, 4) is 6.07 Å². The van der Waals surface area contributed by atoms with Gasteiger partial charge in [-0.3, -0.25) is 10.1 Å². The zero-order valence-corrected chi connectivity index (χ0v) is 11.4. The SMILES string of the molecule is COCCC1(CNc2ccc([N+](=O)[O-])c(C#N)c2)CC1. The lowest BCUT2D eigenvalue weighted by atomic mass is 10.0. The van der Waals surface area contributed by atoms with E-state index in [4.69, 9.17) is 10.00 Å². The molecular formula is C14H17N3O3. The van der Waals surface area contributed by atoms with Gasteiger partial charge < -0.3 is 10.1 Å². The number of nitro groups is 1. The highest BCUT2D eigenvalue weighted by atomic mass is 16.6. The van der Waals surface area contributed by atoms with Gasteiger partial charge in [0.15, 0.2) is 0 Å². The highest BCUT2D eigenvalue weighted by molar-refractivity contribution is 5.58. The number of methoxy groups -OCH3 is 1. The first-order valence-corrected chi connectivity index (χ1v) is 6.52. The molecule has 1 N–H and O–H groups in total. The minimum absolute atomic E-state index is 0.0849. The second kappa shape index (κ2) is 5.88. The Bertz CT molecular complexity index is 547. The molecule has 0 radical (unpaired) electrons. The summed E-state index contributed by atoms with van der Waals surface area (Å²) in [5.41, 5.74) is 0.959. The third kappa shape index (κ3) is 3.25. The van der Waals surface area contributed by atoms with Gasteiger partial charge in [0.1, 0.15) is 11.6 Å². The molecule has 0 heterocycles. The second-order valence-corrected chi connectivity index (χ2v) is 5.20. The first-order valence-electron chi connectivity index (χ1n) is 6.52. The molecule has 1 aliphatic rings. The number of nitro benzene ring substituents is 1. The number of benzene rings is 1. The lowest BCUT2D eigenvalue weighted by Gasteiger charge is -2.16. The van der Waals surface area contributed by atoms with E-state index in [1.54, 1.807) is 13.2 Å². The molecule has 106 valence electrons. The van der Waals surface area contributed by atoms with E-state index in [0.29, 0.717) is 0 Å². The normalized spacial score (nSPS) is 15.4. The number of hydrogen-bond acceptors (Lipinski definition) is 5. The highest BCUT2D eigenvalue weighted by Gasteiger charge is 2.41. The summed E-state index contributed by atoms with van der Waals surface area (Å²) in [6.45, 7) is 1.55. The van der Waals surface area contributed by atoms with Crippen molar-refractivity contribution >= 4 is 11.4 Å². The Balaban J connectivity index is 2.01. The third-order valence-electron chi connectivity index (χ3n) is 3.77. The largest absolute Gasteiger partial charge is 0.385 e. The molecule has 0 aliphatic heterocycles. The number of hydrogen-bond donors (Lipinski definition) is 1. The van der Waals surface area contributed by atoms with Gasteiger partial charge in [0.05, 0.1) is 4.92 Å². The van der Waals surface area contributed by atoms with Gasteiger partial charge in [-0.15, -0.1) is 0 Å². The number of ether oxygens (including phenoxy) is 1. The third-order valence-corrected chi connectivity index (χ3v) is 3.77. The molecule has 6 nitrogen and oxygen atoms in total. The fourth-order valence-corrected chi connectivity index (χ4v) is 2.19. The topological polar surface area (TPSA) is 88.2 Å². The molecule has 0 atom stereocenters. The lowest BCUT2D eigenvalue weighted by Crippen LogP contribution is -2.17.